The van der Waals surface area contributed by atoms with Gasteiger partial charge in [-0.2, -0.15) is 0 Å². The van der Waals surface area contributed by atoms with Gasteiger partial charge in [0.05, 0.1) is 6.10 Å². The summed E-state index contributed by atoms with van der Waals surface area (Å²) in [7, 11) is 0. The van der Waals surface area contributed by atoms with Crippen LogP contribution in [0.25, 0.3) is 0 Å². The van der Waals surface area contributed by atoms with Gasteiger partial charge in [-0.05, 0) is 31.9 Å². The van der Waals surface area contributed by atoms with Crippen LogP contribution in [0.15, 0.2) is 28.9 Å². The highest BCUT2D eigenvalue weighted by Gasteiger charge is 2.24. The predicted molar refractivity (Wildman–Crippen MR) is 94.0 cm³/mol. The molecule has 144 valence electrons. The van der Waals surface area contributed by atoms with Crippen LogP contribution in [0.1, 0.15) is 36.1 Å². The number of amides is 1. The second-order valence-corrected chi connectivity index (χ2v) is 6.41. The number of carbonyl (C=O) groups excluding carboxylic acids is 1. The highest BCUT2D eigenvalue weighted by Crippen LogP contribution is 2.35. The lowest BCUT2D eigenvalue weighted by Gasteiger charge is -2.22. The van der Waals surface area contributed by atoms with E-state index >= 15 is 0 Å². The van der Waals surface area contributed by atoms with Crippen LogP contribution >= 0.6 is 0 Å². The predicted octanol–water partition coefficient (Wildman–Crippen LogP) is 2.62. The molecule has 8 heteroatoms. The molecule has 0 radical (unpaired) electrons. The fourth-order valence-electron chi connectivity index (χ4n) is 3.14. The van der Waals surface area contributed by atoms with Crippen LogP contribution < -0.4 is 14.2 Å². The summed E-state index contributed by atoms with van der Waals surface area (Å²) in [5, 5.41) is 0. The number of benzene rings is 1. The van der Waals surface area contributed by atoms with E-state index in [0.717, 1.165) is 19.4 Å². The molecule has 1 saturated heterocycles. The van der Waals surface area contributed by atoms with Gasteiger partial charge in [0, 0.05) is 25.8 Å². The van der Waals surface area contributed by atoms with E-state index in [0.29, 0.717) is 36.2 Å². The number of carbonyl (C=O) groups is 1. The van der Waals surface area contributed by atoms with Gasteiger partial charge in [-0.3, -0.25) is 4.79 Å². The molecular weight excluding hydrogens is 352 g/mol. The Labute approximate surface area is 157 Å². The molecular formula is C19H22N2O6. The van der Waals surface area contributed by atoms with Gasteiger partial charge < -0.3 is 28.3 Å². The number of hydrogen-bond acceptors (Lipinski definition) is 7. The third kappa shape index (κ3) is 4.00. The Hall–Kier alpha value is -2.74. The average molecular weight is 374 g/mol. The molecule has 0 N–H and O–H groups in total. The van der Waals surface area contributed by atoms with Crippen LogP contribution in [0.5, 0.6) is 17.2 Å². The van der Waals surface area contributed by atoms with Crippen molar-refractivity contribution in [1.82, 2.24) is 9.88 Å². The molecule has 1 amide bonds. The van der Waals surface area contributed by atoms with Gasteiger partial charge >= 0.3 is 0 Å². The summed E-state index contributed by atoms with van der Waals surface area (Å²) in [6.45, 7) is 4.20. The van der Waals surface area contributed by atoms with Gasteiger partial charge in [0.15, 0.2) is 23.8 Å². The molecule has 1 aromatic carbocycles. The quantitative estimate of drug-likeness (QED) is 0.737. The maximum Gasteiger partial charge on any atom is 0.275 e. The monoisotopic (exact) mass is 374 g/mol. The summed E-state index contributed by atoms with van der Waals surface area (Å²) in [5.74, 6) is 2.12. The molecule has 1 aromatic heterocycles. The van der Waals surface area contributed by atoms with Crippen LogP contribution in [-0.4, -0.2) is 48.4 Å². The van der Waals surface area contributed by atoms with Gasteiger partial charge in [-0.25, -0.2) is 4.98 Å². The van der Waals surface area contributed by atoms with Crippen LogP contribution in [0.3, 0.4) is 0 Å². The Bertz CT molecular complexity index is 799. The molecule has 1 fully saturated rings. The first-order valence-electron chi connectivity index (χ1n) is 9.10. The number of ether oxygens (including phenoxy) is 4. The third-order valence-electron chi connectivity index (χ3n) is 4.59. The van der Waals surface area contributed by atoms with Crippen molar-refractivity contribution in [3.8, 4) is 17.2 Å². The zero-order chi connectivity index (χ0) is 18.6. The highest BCUT2D eigenvalue weighted by atomic mass is 16.7. The largest absolute Gasteiger partial charge is 0.484 e. The zero-order valence-electron chi connectivity index (χ0n) is 15.2. The Morgan fingerprint density at radius 3 is 3.04 bits per heavy atom. The van der Waals surface area contributed by atoms with E-state index in [4.69, 9.17) is 23.4 Å². The van der Waals surface area contributed by atoms with Gasteiger partial charge in [-0.15, -0.1) is 0 Å². The summed E-state index contributed by atoms with van der Waals surface area (Å²) in [6, 6.07) is 5.31. The van der Waals surface area contributed by atoms with Gasteiger partial charge in [0.25, 0.3) is 5.91 Å². The second kappa shape index (κ2) is 7.87. The molecule has 0 aliphatic carbocycles. The van der Waals surface area contributed by atoms with Crippen LogP contribution in [-0.2, 0) is 11.3 Å². The lowest BCUT2D eigenvalue weighted by molar-refractivity contribution is 0.0534. The first kappa shape index (κ1) is 17.7. The maximum absolute atomic E-state index is 12.7. The lowest BCUT2D eigenvalue weighted by Crippen LogP contribution is -2.37. The van der Waals surface area contributed by atoms with Crippen molar-refractivity contribution in [3.63, 3.8) is 0 Å². The molecule has 4 rings (SSSR count). The highest BCUT2D eigenvalue weighted by molar-refractivity contribution is 5.92. The molecule has 3 heterocycles. The van der Waals surface area contributed by atoms with E-state index in [9.17, 15) is 4.79 Å². The molecule has 0 spiro atoms. The molecule has 27 heavy (non-hydrogen) atoms. The first-order valence-corrected chi connectivity index (χ1v) is 9.10. The van der Waals surface area contributed by atoms with Crippen molar-refractivity contribution < 1.29 is 28.2 Å². The van der Waals surface area contributed by atoms with Crippen LogP contribution in [0.2, 0.25) is 0 Å². The minimum absolute atomic E-state index is 0.106. The number of oxazole rings is 1. The fourth-order valence-corrected chi connectivity index (χ4v) is 3.14. The fraction of sp³-hybridized carbons (Fsp3) is 0.474. The average Bonchev–Trinajstić information content (AvgIpc) is 3.45. The number of likely N-dealkylation sites (N-methyl/N-ethyl adjacent to an activating group) is 1. The molecule has 1 atom stereocenters. The number of rotatable bonds is 7. The summed E-state index contributed by atoms with van der Waals surface area (Å²) in [6.07, 6.45) is 3.51. The topological polar surface area (TPSA) is 83.3 Å². The minimum atomic E-state index is -0.161. The Kier molecular flexibility index (Phi) is 5.15. The van der Waals surface area contributed by atoms with E-state index in [1.807, 2.05) is 6.92 Å². The Morgan fingerprint density at radius 2 is 2.22 bits per heavy atom. The van der Waals surface area contributed by atoms with Crippen LogP contribution in [0.4, 0.5) is 0 Å². The summed E-state index contributed by atoms with van der Waals surface area (Å²) < 4.78 is 27.3. The summed E-state index contributed by atoms with van der Waals surface area (Å²) >= 11 is 0. The molecule has 2 aliphatic heterocycles. The molecule has 8 nitrogen and oxygen atoms in total. The minimum Gasteiger partial charge on any atom is -0.484 e. The van der Waals surface area contributed by atoms with Crippen molar-refractivity contribution in [2.45, 2.75) is 32.5 Å². The smallest absolute Gasteiger partial charge is 0.275 e. The number of fused-ring (bicyclic) bond motifs is 1. The SMILES string of the molecule is CCN(C[C@H]1CCCO1)C(=O)c1coc(COc2ccc3c(c2)OCO3)n1. The molecule has 0 saturated carbocycles. The van der Waals surface area contributed by atoms with E-state index in [1.54, 1.807) is 23.1 Å². The van der Waals surface area contributed by atoms with Crippen molar-refractivity contribution in [2.24, 2.45) is 0 Å². The Balaban J connectivity index is 1.35. The molecule has 2 aliphatic rings. The molecule has 0 bridgehead atoms. The van der Waals surface area contributed by atoms with Crippen molar-refractivity contribution >= 4 is 5.91 Å². The van der Waals surface area contributed by atoms with E-state index in [2.05, 4.69) is 4.98 Å². The molecule has 0 unspecified atom stereocenters. The lowest BCUT2D eigenvalue weighted by atomic mass is 10.2. The van der Waals surface area contributed by atoms with Gasteiger partial charge in [0.1, 0.15) is 12.0 Å². The normalized spacial score (nSPS) is 17.9. The number of hydrogen-bond donors (Lipinski definition) is 0. The zero-order valence-corrected chi connectivity index (χ0v) is 15.2. The summed E-state index contributed by atoms with van der Waals surface area (Å²) in [4.78, 5) is 18.6. The van der Waals surface area contributed by atoms with Crippen molar-refractivity contribution in [1.29, 1.82) is 0 Å². The first-order chi connectivity index (χ1) is 13.2. The number of aromatic nitrogens is 1. The van der Waals surface area contributed by atoms with E-state index < -0.39 is 0 Å². The maximum atomic E-state index is 12.7. The summed E-state index contributed by atoms with van der Waals surface area (Å²) in [5.41, 5.74) is 0.277. The van der Waals surface area contributed by atoms with E-state index in [-0.39, 0.29) is 31.1 Å². The molecule has 2 aromatic rings. The number of nitrogens with zero attached hydrogens (tertiary/aromatic N) is 2. The van der Waals surface area contributed by atoms with Crippen molar-refractivity contribution in [3.05, 3.63) is 36.0 Å². The van der Waals surface area contributed by atoms with Crippen molar-refractivity contribution in [2.75, 3.05) is 26.5 Å². The van der Waals surface area contributed by atoms with Gasteiger partial charge in [-0.1, -0.05) is 0 Å². The standard InChI is InChI=1S/C19H22N2O6/c1-2-21(9-14-4-3-7-23-14)19(22)15-10-25-18(20-15)11-24-13-5-6-16-17(8-13)27-12-26-16/h5-6,8,10,14H,2-4,7,9,11-12H2,1H3/t14-/m1/s1. The Morgan fingerprint density at radius 1 is 1.33 bits per heavy atom. The van der Waals surface area contributed by atoms with Gasteiger partial charge in [0.2, 0.25) is 12.7 Å². The second-order valence-electron chi connectivity index (χ2n) is 6.41. The van der Waals surface area contributed by atoms with Crippen LogP contribution in [0, 0.1) is 0 Å². The van der Waals surface area contributed by atoms with E-state index in [1.165, 1.54) is 6.26 Å². The third-order valence-corrected chi connectivity index (χ3v) is 4.59.